The average Bonchev–Trinajstić information content (AvgIpc) is 2.28. The molecule has 1 fully saturated rings. The summed E-state index contributed by atoms with van der Waals surface area (Å²) in [6.45, 7) is 11.0. The quantitative estimate of drug-likeness (QED) is 0.818. The van der Waals surface area contributed by atoms with Crippen LogP contribution in [-0.2, 0) is 4.74 Å². The third-order valence-corrected chi connectivity index (χ3v) is 4.53. The molecule has 4 heteroatoms. The number of hydrogen-bond acceptors (Lipinski definition) is 4. The van der Waals surface area contributed by atoms with E-state index in [2.05, 4.69) is 51.2 Å². The molecule has 0 aliphatic carbocycles. The number of ether oxygens (including phenoxy) is 1. The number of hydrogen-bond donors (Lipinski definition) is 2. The van der Waals surface area contributed by atoms with Crippen LogP contribution in [0.3, 0.4) is 0 Å². The Morgan fingerprint density at radius 3 is 2.50 bits per heavy atom. The summed E-state index contributed by atoms with van der Waals surface area (Å²) in [5.74, 6) is 0. The molecule has 0 unspecified atom stereocenters. The Balaban J connectivity index is 1.99. The number of nitrogens with one attached hydrogen (secondary N) is 1. The van der Waals surface area contributed by atoms with Gasteiger partial charge in [-0.25, -0.2) is 0 Å². The molecule has 2 rings (SSSR count). The first-order valence-corrected chi connectivity index (χ1v) is 7.87. The summed E-state index contributed by atoms with van der Waals surface area (Å²) in [4.78, 5) is 1.30. The van der Waals surface area contributed by atoms with Gasteiger partial charge in [0.1, 0.15) is 0 Å². The number of aliphatic hydroxyl groups is 1. The van der Waals surface area contributed by atoms with Gasteiger partial charge in [-0.05, 0) is 30.7 Å². The highest BCUT2D eigenvalue weighted by Gasteiger charge is 2.37. The van der Waals surface area contributed by atoms with E-state index in [1.54, 1.807) is 0 Å². The van der Waals surface area contributed by atoms with E-state index in [1.165, 1.54) is 10.5 Å². The Morgan fingerprint density at radius 2 is 2.05 bits per heavy atom. The molecule has 0 aromatic heterocycles. The van der Waals surface area contributed by atoms with Gasteiger partial charge in [0.25, 0.3) is 0 Å². The van der Waals surface area contributed by atoms with Crippen LogP contribution in [0.4, 0.5) is 5.69 Å². The topological polar surface area (TPSA) is 41.5 Å². The molecule has 3 nitrogen and oxygen atoms in total. The summed E-state index contributed by atoms with van der Waals surface area (Å²) >= 11 is 1.88. The van der Waals surface area contributed by atoms with E-state index in [1.807, 2.05) is 11.8 Å². The second-order valence-electron chi connectivity index (χ2n) is 6.70. The van der Waals surface area contributed by atoms with Crippen LogP contribution in [0, 0.1) is 12.3 Å². The molecule has 1 aliphatic rings. The minimum absolute atomic E-state index is 0.0920. The zero-order chi connectivity index (χ0) is 14.8. The van der Waals surface area contributed by atoms with Crippen molar-refractivity contribution in [1.82, 2.24) is 0 Å². The molecular formula is C16H25NO2S. The zero-order valence-corrected chi connectivity index (χ0v) is 13.6. The minimum atomic E-state index is -0.0920. The molecule has 0 radical (unpaired) electrons. The smallest absolute Gasteiger partial charge is 0.0584 e. The van der Waals surface area contributed by atoms with Crippen molar-refractivity contribution in [2.24, 2.45) is 5.41 Å². The van der Waals surface area contributed by atoms with Gasteiger partial charge < -0.3 is 15.2 Å². The molecule has 112 valence electrons. The number of thioether (sulfide) groups is 1. The van der Waals surface area contributed by atoms with E-state index >= 15 is 0 Å². The molecule has 0 atom stereocenters. The molecule has 0 spiro atoms. The van der Waals surface area contributed by atoms with Crippen molar-refractivity contribution in [3.05, 3.63) is 23.8 Å². The molecule has 1 aliphatic heterocycles. The number of aliphatic hydroxyl groups excluding tert-OH is 1. The molecular weight excluding hydrogens is 270 g/mol. The maximum absolute atomic E-state index is 9.43. The van der Waals surface area contributed by atoms with Crippen LogP contribution in [0.1, 0.15) is 26.3 Å². The minimum Gasteiger partial charge on any atom is -0.396 e. The average molecular weight is 295 g/mol. The van der Waals surface area contributed by atoms with Gasteiger partial charge in [0.05, 0.1) is 25.2 Å². The highest BCUT2D eigenvalue weighted by atomic mass is 32.2. The van der Waals surface area contributed by atoms with Gasteiger partial charge in [-0.2, -0.15) is 0 Å². The summed E-state index contributed by atoms with van der Waals surface area (Å²) < 4.78 is 5.45. The van der Waals surface area contributed by atoms with Crippen LogP contribution in [0.5, 0.6) is 0 Å². The Labute approximate surface area is 126 Å². The van der Waals surface area contributed by atoms with Gasteiger partial charge in [-0.1, -0.05) is 20.8 Å². The van der Waals surface area contributed by atoms with Gasteiger partial charge in [-0.3, -0.25) is 0 Å². The Morgan fingerprint density at radius 1 is 1.35 bits per heavy atom. The summed E-state index contributed by atoms with van der Waals surface area (Å²) in [6.07, 6.45) is 0. The van der Waals surface area contributed by atoms with Crippen LogP contribution in [0.2, 0.25) is 0 Å². The molecule has 1 aromatic rings. The Kier molecular flexibility index (Phi) is 4.67. The monoisotopic (exact) mass is 295 g/mol. The first kappa shape index (κ1) is 15.7. The highest BCUT2D eigenvalue weighted by molar-refractivity contribution is 8.00. The lowest BCUT2D eigenvalue weighted by Crippen LogP contribution is -2.50. The zero-order valence-electron chi connectivity index (χ0n) is 12.8. The lowest BCUT2D eigenvalue weighted by Gasteiger charge is -2.40. The molecule has 2 N–H and O–H groups in total. The first-order chi connectivity index (χ1) is 9.34. The fraction of sp³-hybridized carbons (Fsp3) is 0.625. The third-order valence-electron chi connectivity index (χ3n) is 3.43. The molecule has 20 heavy (non-hydrogen) atoms. The summed E-state index contributed by atoms with van der Waals surface area (Å²) in [5.41, 5.74) is 2.29. The Hall–Kier alpha value is -0.710. The summed E-state index contributed by atoms with van der Waals surface area (Å²) in [7, 11) is 0. The second-order valence-corrected chi connectivity index (χ2v) is 8.60. The number of aryl methyl sites for hydroxylation is 1. The van der Waals surface area contributed by atoms with Crippen molar-refractivity contribution in [2.75, 3.05) is 31.7 Å². The summed E-state index contributed by atoms with van der Waals surface area (Å²) in [5, 5.41) is 12.9. The van der Waals surface area contributed by atoms with Crippen LogP contribution in [0.25, 0.3) is 0 Å². The fourth-order valence-electron chi connectivity index (χ4n) is 2.17. The number of anilines is 1. The van der Waals surface area contributed by atoms with Crippen molar-refractivity contribution in [3.63, 3.8) is 0 Å². The van der Waals surface area contributed by atoms with Gasteiger partial charge in [0.15, 0.2) is 0 Å². The maximum atomic E-state index is 9.43. The first-order valence-electron chi connectivity index (χ1n) is 7.06. The van der Waals surface area contributed by atoms with Crippen LogP contribution in [-0.4, -0.2) is 36.2 Å². The number of rotatable bonds is 5. The standard InChI is InChI=1S/C16H25NO2S/c1-12-7-13(20-15(2,3)4)5-6-14(12)17-8-16(9-18)10-19-11-16/h5-7,17-18H,8-11H2,1-4H3. The van der Waals surface area contributed by atoms with Crippen LogP contribution in [0.15, 0.2) is 23.1 Å². The van der Waals surface area contributed by atoms with Crippen LogP contribution >= 0.6 is 11.8 Å². The van der Waals surface area contributed by atoms with E-state index in [9.17, 15) is 5.11 Å². The van der Waals surface area contributed by atoms with Crippen LogP contribution < -0.4 is 5.32 Å². The van der Waals surface area contributed by atoms with E-state index in [0.29, 0.717) is 13.2 Å². The van der Waals surface area contributed by atoms with E-state index < -0.39 is 0 Å². The number of benzene rings is 1. The van der Waals surface area contributed by atoms with Gasteiger partial charge in [0, 0.05) is 21.9 Å². The van der Waals surface area contributed by atoms with E-state index in [-0.39, 0.29) is 16.8 Å². The molecule has 1 heterocycles. The van der Waals surface area contributed by atoms with E-state index in [4.69, 9.17) is 4.74 Å². The van der Waals surface area contributed by atoms with Gasteiger partial charge in [0.2, 0.25) is 0 Å². The van der Waals surface area contributed by atoms with Gasteiger partial charge >= 0.3 is 0 Å². The van der Waals surface area contributed by atoms with Crippen molar-refractivity contribution < 1.29 is 9.84 Å². The van der Waals surface area contributed by atoms with E-state index in [0.717, 1.165) is 12.2 Å². The fourth-order valence-corrected chi connectivity index (χ4v) is 3.25. The van der Waals surface area contributed by atoms with Crippen molar-refractivity contribution in [2.45, 2.75) is 37.3 Å². The van der Waals surface area contributed by atoms with Crippen molar-refractivity contribution >= 4 is 17.4 Å². The lowest BCUT2D eigenvalue weighted by molar-refractivity contribution is -0.128. The molecule has 0 saturated carbocycles. The highest BCUT2D eigenvalue weighted by Crippen LogP contribution is 2.34. The lowest BCUT2D eigenvalue weighted by atomic mass is 9.87. The SMILES string of the molecule is Cc1cc(SC(C)(C)C)ccc1NCC1(CO)COC1. The molecule has 1 aromatic carbocycles. The second kappa shape index (κ2) is 5.96. The summed E-state index contributed by atoms with van der Waals surface area (Å²) in [6, 6.07) is 6.52. The third kappa shape index (κ3) is 3.90. The molecule has 0 amide bonds. The largest absolute Gasteiger partial charge is 0.396 e. The molecule has 0 bridgehead atoms. The molecule has 1 saturated heterocycles. The normalized spacial score (nSPS) is 17.6. The predicted molar refractivity (Wildman–Crippen MR) is 85.6 cm³/mol. The Bertz CT molecular complexity index is 459. The van der Waals surface area contributed by atoms with Gasteiger partial charge in [-0.15, -0.1) is 11.8 Å². The van der Waals surface area contributed by atoms with Crippen molar-refractivity contribution in [1.29, 1.82) is 0 Å². The maximum Gasteiger partial charge on any atom is 0.0584 e. The van der Waals surface area contributed by atoms with Crippen molar-refractivity contribution in [3.8, 4) is 0 Å². The predicted octanol–water partition coefficient (Wildman–Crippen LogP) is 3.31.